The zero-order valence-corrected chi connectivity index (χ0v) is 12.3. The summed E-state index contributed by atoms with van der Waals surface area (Å²) in [5, 5.41) is 3.13. The maximum atomic E-state index is 4.51. The highest BCUT2D eigenvalue weighted by molar-refractivity contribution is 5.15. The highest BCUT2D eigenvalue weighted by atomic mass is 15.1. The number of aromatic nitrogens is 1. The number of pyridine rings is 1. The Hall–Kier alpha value is -1.71. The summed E-state index contributed by atoms with van der Waals surface area (Å²) in [4.78, 5) is 6.82. The lowest BCUT2D eigenvalue weighted by atomic mass is 10.1. The highest BCUT2D eigenvalue weighted by Crippen LogP contribution is 2.05. The van der Waals surface area contributed by atoms with Crippen LogP contribution in [0.2, 0.25) is 0 Å². The van der Waals surface area contributed by atoms with Gasteiger partial charge in [-0.1, -0.05) is 36.4 Å². The van der Waals surface area contributed by atoms with Crippen LogP contribution in [0.4, 0.5) is 0 Å². The van der Waals surface area contributed by atoms with Gasteiger partial charge in [0.25, 0.3) is 0 Å². The molecule has 0 aliphatic rings. The van der Waals surface area contributed by atoms with Crippen LogP contribution in [0.5, 0.6) is 0 Å². The molecular weight excluding hydrogens is 246 g/mol. The second kappa shape index (κ2) is 7.78. The molecule has 0 aliphatic heterocycles. The van der Waals surface area contributed by atoms with Gasteiger partial charge in [-0.05, 0) is 37.7 Å². The Morgan fingerprint density at radius 1 is 1.05 bits per heavy atom. The van der Waals surface area contributed by atoms with Crippen LogP contribution in [0.3, 0.4) is 0 Å². The SMILES string of the molecule is CNCc1ccc(CN(C)CCc2ccccc2)nc1. The Morgan fingerprint density at radius 3 is 2.50 bits per heavy atom. The maximum absolute atomic E-state index is 4.51. The van der Waals surface area contributed by atoms with Gasteiger partial charge in [-0.15, -0.1) is 0 Å². The molecule has 0 saturated heterocycles. The quantitative estimate of drug-likeness (QED) is 0.837. The topological polar surface area (TPSA) is 28.2 Å². The summed E-state index contributed by atoms with van der Waals surface area (Å²) in [5.74, 6) is 0. The summed E-state index contributed by atoms with van der Waals surface area (Å²) < 4.78 is 0. The van der Waals surface area contributed by atoms with E-state index in [9.17, 15) is 0 Å². The van der Waals surface area contributed by atoms with Crippen LogP contribution in [-0.2, 0) is 19.5 Å². The van der Waals surface area contributed by atoms with Gasteiger partial charge in [-0.3, -0.25) is 4.98 Å². The molecule has 0 fully saturated rings. The molecule has 0 amide bonds. The number of benzene rings is 1. The third-order valence-corrected chi connectivity index (χ3v) is 3.32. The summed E-state index contributed by atoms with van der Waals surface area (Å²) in [5.41, 5.74) is 3.74. The van der Waals surface area contributed by atoms with Crippen LogP contribution in [0.25, 0.3) is 0 Å². The molecule has 0 unspecified atom stereocenters. The van der Waals surface area contributed by atoms with E-state index in [1.165, 1.54) is 11.1 Å². The number of nitrogens with one attached hydrogen (secondary N) is 1. The molecule has 1 heterocycles. The lowest BCUT2D eigenvalue weighted by Crippen LogP contribution is -2.21. The maximum Gasteiger partial charge on any atom is 0.0544 e. The number of hydrogen-bond acceptors (Lipinski definition) is 3. The van der Waals surface area contributed by atoms with E-state index in [1.807, 2.05) is 13.2 Å². The Balaban J connectivity index is 1.80. The van der Waals surface area contributed by atoms with E-state index in [0.717, 1.165) is 31.7 Å². The van der Waals surface area contributed by atoms with Gasteiger partial charge in [-0.25, -0.2) is 0 Å². The van der Waals surface area contributed by atoms with Gasteiger partial charge in [-0.2, -0.15) is 0 Å². The number of hydrogen-bond donors (Lipinski definition) is 1. The first-order chi connectivity index (χ1) is 9.78. The average Bonchev–Trinajstić information content (AvgIpc) is 2.49. The molecule has 3 heteroatoms. The van der Waals surface area contributed by atoms with E-state index < -0.39 is 0 Å². The number of rotatable bonds is 7. The Kier molecular flexibility index (Phi) is 5.71. The van der Waals surface area contributed by atoms with Crippen molar-refractivity contribution in [3.8, 4) is 0 Å². The summed E-state index contributed by atoms with van der Waals surface area (Å²) in [6.07, 6.45) is 3.03. The van der Waals surface area contributed by atoms with E-state index >= 15 is 0 Å². The second-order valence-electron chi connectivity index (χ2n) is 5.16. The molecule has 0 saturated carbocycles. The molecule has 20 heavy (non-hydrogen) atoms. The van der Waals surface area contributed by atoms with E-state index in [1.54, 1.807) is 0 Å². The molecule has 1 aromatic carbocycles. The minimum Gasteiger partial charge on any atom is -0.316 e. The summed E-state index contributed by atoms with van der Waals surface area (Å²) in [6.45, 7) is 2.81. The number of likely N-dealkylation sites (N-methyl/N-ethyl adjacent to an activating group) is 1. The Morgan fingerprint density at radius 2 is 1.85 bits per heavy atom. The summed E-state index contributed by atoms with van der Waals surface area (Å²) >= 11 is 0. The van der Waals surface area contributed by atoms with Crippen molar-refractivity contribution in [1.29, 1.82) is 0 Å². The molecule has 0 radical (unpaired) electrons. The van der Waals surface area contributed by atoms with Gasteiger partial charge in [0.15, 0.2) is 0 Å². The fourth-order valence-electron chi connectivity index (χ4n) is 2.18. The van der Waals surface area contributed by atoms with Crippen LogP contribution in [0.1, 0.15) is 16.8 Å². The van der Waals surface area contributed by atoms with Crippen molar-refractivity contribution in [3.63, 3.8) is 0 Å². The van der Waals surface area contributed by atoms with Crippen LogP contribution in [-0.4, -0.2) is 30.5 Å². The highest BCUT2D eigenvalue weighted by Gasteiger charge is 2.02. The average molecular weight is 269 g/mol. The van der Waals surface area contributed by atoms with Gasteiger partial charge in [0.1, 0.15) is 0 Å². The largest absolute Gasteiger partial charge is 0.316 e. The molecule has 1 aromatic heterocycles. The molecule has 106 valence electrons. The van der Waals surface area contributed by atoms with E-state index in [0.29, 0.717) is 0 Å². The first-order valence-electron chi connectivity index (χ1n) is 7.09. The first kappa shape index (κ1) is 14.7. The Bertz CT molecular complexity index is 493. The molecule has 0 atom stereocenters. The van der Waals surface area contributed by atoms with Crippen LogP contribution in [0, 0.1) is 0 Å². The third-order valence-electron chi connectivity index (χ3n) is 3.32. The van der Waals surface area contributed by atoms with Gasteiger partial charge in [0.2, 0.25) is 0 Å². The standard InChI is InChI=1S/C17H23N3/c1-18-12-16-8-9-17(19-13-16)14-20(2)11-10-15-6-4-3-5-7-15/h3-9,13,18H,10-12,14H2,1-2H3. The van der Waals surface area contributed by atoms with Crippen LogP contribution in [0.15, 0.2) is 48.7 Å². The fraction of sp³-hybridized carbons (Fsp3) is 0.353. The Labute approximate surface area is 121 Å². The van der Waals surface area contributed by atoms with Crippen molar-refractivity contribution < 1.29 is 0 Å². The molecule has 0 bridgehead atoms. The third kappa shape index (κ3) is 4.76. The zero-order chi connectivity index (χ0) is 14.2. The second-order valence-corrected chi connectivity index (χ2v) is 5.16. The molecule has 0 spiro atoms. The van der Waals surface area contributed by atoms with Gasteiger partial charge in [0.05, 0.1) is 5.69 Å². The normalized spacial score (nSPS) is 10.9. The number of nitrogens with zero attached hydrogens (tertiary/aromatic N) is 2. The van der Waals surface area contributed by atoms with Gasteiger partial charge < -0.3 is 10.2 Å². The van der Waals surface area contributed by atoms with Gasteiger partial charge in [0, 0.05) is 25.8 Å². The minimum absolute atomic E-state index is 0.872. The van der Waals surface area contributed by atoms with Crippen molar-refractivity contribution in [2.24, 2.45) is 0 Å². The van der Waals surface area contributed by atoms with E-state index in [4.69, 9.17) is 0 Å². The monoisotopic (exact) mass is 269 g/mol. The van der Waals surface area contributed by atoms with E-state index in [2.05, 4.69) is 64.7 Å². The van der Waals surface area contributed by atoms with Crippen molar-refractivity contribution in [2.75, 3.05) is 20.6 Å². The zero-order valence-electron chi connectivity index (χ0n) is 12.3. The molecular formula is C17H23N3. The molecule has 1 N–H and O–H groups in total. The molecule has 2 rings (SSSR count). The van der Waals surface area contributed by atoms with Crippen molar-refractivity contribution in [2.45, 2.75) is 19.5 Å². The predicted molar refractivity (Wildman–Crippen MR) is 83.5 cm³/mol. The lowest BCUT2D eigenvalue weighted by Gasteiger charge is -2.16. The molecule has 3 nitrogen and oxygen atoms in total. The summed E-state index contributed by atoms with van der Waals surface area (Å²) in [7, 11) is 4.09. The predicted octanol–water partition coefficient (Wildman–Crippen LogP) is 2.48. The summed E-state index contributed by atoms with van der Waals surface area (Å²) in [6, 6.07) is 14.9. The van der Waals surface area contributed by atoms with Crippen molar-refractivity contribution in [3.05, 3.63) is 65.5 Å². The van der Waals surface area contributed by atoms with Crippen LogP contribution >= 0.6 is 0 Å². The van der Waals surface area contributed by atoms with Crippen molar-refractivity contribution in [1.82, 2.24) is 15.2 Å². The van der Waals surface area contributed by atoms with Crippen molar-refractivity contribution >= 4 is 0 Å². The fourth-order valence-corrected chi connectivity index (χ4v) is 2.18. The first-order valence-corrected chi connectivity index (χ1v) is 7.09. The smallest absolute Gasteiger partial charge is 0.0544 e. The van der Waals surface area contributed by atoms with E-state index in [-0.39, 0.29) is 0 Å². The van der Waals surface area contributed by atoms with Crippen LogP contribution < -0.4 is 5.32 Å². The molecule has 2 aromatic rings. The molecule has 0 aliphatic carbocycles. The van der Waals surface area contributed by atoms with Gasteiger partial charge >= 0.3 is 0 Å². The minimum atomic E-state index is 0.872. The lowest BCUT2D eigenvalue weighted by molar-refractivity contribution is 0.327.